The van der Waals surface area contributed by atoms with Crippen molar-refractivity contribution >= 4 is 8.56 Å². The number of allylic oxidation sites excluding steroid dienone is 1. The molecule has 0 radical (unpaired) electrons. The molecule has 0 aromatic rings. The number of rotatable bonds is 10. The highest BCUT2D eigenvalue weighted by Gasteiger charge is 2.37. The molecule has 17 heavy (non-hydrogen) atoms. The molecule has 0 saturated heterocycles. The Balaban J connectivity index is 4.82. The van der Waals surface area contributed by atoms with Gasteiger partial charge in [-0.2, -0.15) is 0 Å². The Morgan fingerprint density at radius 3 is 2.00 bits per heavy atom. The highest BCUT2D eigenvalue weighted by atomic mass is 28.4. The maximum Gasteiger partial charge on any atom is 0.339 e. The summed E-state index contributed by atoms with van der Waals surface area (Å²) in [5.74, 6) is 0. The molecule has 0 N–H and O–H groups in total. The van der Waals surface area contributed by atoms with Crippen molar-refractivity contribution in [3.8, 4) is 0 Å². The van der Waals surface area contributed by atoms with Crippen LogP contribution in [0, 0.1) is 0 Å². The van der Waals surface area contributed by atoms with Gasteiger partial charge in [0.15, 0.2) is 0 Å². The maximum atomic E-state index is 6.29. The Kier molecular flexibility index (Phi) is 7.35. The quantitative estimate of drug-likeness (QED) is 0.429. The van der Waals surface area contributed by atoms with Crippen LogP contribution in [0.25, 0.3) is 0 Å². The first kappa shape index (κ1) is 16.4. The molecular formula is C14H26O2Si. The predicted octanol–water partition coefficient (Wildman–Crippen LogP) is 4.21. The van der Waals surface area contributed by atoms with E-state index in [-0.39, 0.29) is 5.60 Å². The van der Waals surface area contributed by atoms with Crippen LogP contribution in [0.1, 0.15) is 26.7 Å². The van der Waals surface area contributed by atoms with E-state index in [1.54, 1.807) is 0 Å². The molecule has 1 atom stereocenters. The molecule has 0 aliphatic carbocycles. The zero-order valence-electron chi connectivity index (χ0n) is 11.5. The van der Waals surface area contributed by atoms with Crippen LogP contribution in [-0.4, -0.2) is 20.8 Å². The predicted molar refractivity (Wildman–Crippen MR) is 77.4 cm³/mol. The molecule has 0 heterocycles. The van der Waals surface area contributed by atoms with Crippen molar-refractivity contribution < 1.29 is 8.85 Å². The van der Waals surface area contributed by atoms with E-state index in [1.807, 2.05) is 25.2 Å². The Hall–Kier alpha value is -0.643. The van der Waals surface area contributed by atoms with Gasteiger partial charge in [-0.1, -0.05) is 18.2 Å². The molecule has 0 saturated carbocycles. The van der Waals surface area contributed by atoms with E-state index >= 15 is 0 Å². The lowest BCUT2D eigenvalue weighted by molar-refractivity contribution is 0.0437. The first-order chi connectivity index (χ1) is 7.95. The molecular weight excluding hydrogens is 228 g/mol. The van der Waals surface area contributed by atoms with Gasteiger partial charge in [0, 0.05) is 12.7 Å². The Bertz CT molecular complexity index is 253. The number of hydrogen-bond acceptors (Lipinski definition) is 2. The molecule has 98 valence electrons. The summed E-state index contributed by atoms with van der Waals surface area (Å²) in [6.45, 7) is 18.2. The highest BCUT2D eigenvalue weighted by Crippen LogP contribution is 2.28. The third kappa shape index (κ3) is 6.01. The van der Waals surface area contributed by atoms with Gasteiger partial charge in [-0.25, -0.2) is 0 Å². The molecule has 0 aliphatic heterocycles. The van der Waals surface area contributed by atoms with E-state index in [9.17, 15) is 0 Å². The van der Waals surface area contributed by atoms with E-state index in [4.69, 9.17) is 8.85 Å². The van der Waals surface area contributed by atoms with E-state index in [0.29, 0.717) is 6.61 Å². The van der Waals surface area contributed by atoms with Gasteiger partial charge >= 0.3 is 8.56 Å². The largest absolute Gasteiger partial charge is 0.394 e. The molecule has 2 nitrogen and oxygen atoms in total. The molecule has 0 aliphatic rings. The van der Waals surface area contributed by atoms with Crippen LogP contribution >= 0.6 is 0 Å². The molecule has 3 heteroatoms. The summed E-state index contributed by atoms with van der Waals surface area (Å²) < 4.78 is 12.1. The summed E-state index contributed by atoms with van der Waals surface area (Å²) in [5, 5.41) is 0. The minimum absolute atomic E-state index is 0.261. The van der Waals surface area contributed by atoms with Crippen molar-refractivity contribution in [2.45, 2.75) is 44.9 Å². The van der Waals surface area contributed by atoms with Crippen molar-refractivity contribution in [3.05, 3.63) is 38.0 Å². The second-order valence-corrected chi connectivity index (χ2v) is 7.77. The lowest BCUT2D eigenvalue weighted by Gasteiger charge is -2.37. The van der Waals surface area contributed by atoms with Gasteiger partial charge in [0.2, 0.25) is 0 Å². The highest BCUT2D eigenvalue weighted by molar-refractivity contribution is 6.66. The van der Waals surface area contributed by atoms with Crippen LogP contribution in [-0.2, 0) is 8.85 Å². The molecule has 0 spiro atoms. The van der Waals surface area contributed by atoms with Crippen molar-refractivity contribution in [1.29, 1.82) is 0 Å². The Labute approximate surface area is 107 Å². The first-order valence-corrected chi connectivity index (χ1v) is 8.64. The van der Waals surface area contributed by atoms with Gasteiger partial charge in [0.1, 0.15) is 0 Å². The zero-order chi connectivity index (χ0) is 13.4. The summed E-state index contributed by atoms with van der Waals surface area (Å²) in [6.07, 6.45) is 7.25. The van der Waals surface area contributed by atoms with Gasteiger partial charge < -0.3 is 8.85 Å². The molecule has 0 rings (SSSR count). The van der Waals surface area contributed by atoms with Gasteiger partial charge in [-0.3, -0.25) is 0 Å². The summed E-state index contributed by atoms with van der Waals surface area (Å²) in [6, 6.07) is 0.796. The maximum absolute atomic E-state index is 6.29. The van der Waals surface area contributed by atoms with Gasteiger partial charge in [-0.05, 0) is 33.2 Å². The Morgan fingerprint density at radius 2 is 1.65 bits per heavy atom. The second-order valence-electron chi connectivity index (χ2n) is 4.60. The van der Waals surface area contributed by atoms with Crippen LogP contribution in [0.2, 0.25) is 12.6 Å². The summed E-state index contributed by atoms with van der Waals surface area (Å²) >= 11 is 0. The zero-order valence-corrected chi connectivity index (χ0v) is 12.5. The number of hydrogen-bond donors (Lipinski definition) is 0. The molecule has 0 fully saturated rings. The summed E-state index contributed by atoms with van der Waals surface area (Å²) in [4.78, 5) is 0. The van der Waals surface area contributed by atoms with Crippen LogP contribution < -0.4 is 0 Å². The summed E-state index contributed by atoms with van der Waals surface area (Å²) in [7, 11) is -2.17. The molecule has 0 aromatic heterocycles. The van der Waals surface area contributed by atoms with Crippen LogP contribution in [0.15, 0.2) is 38.0 Å². The van der Waals surface area contributed by atoms with E-state index in [0.717, 1.165) is 18.9 Å². The fourth-order valence-electron chi connectivity index (χ4n) is 2.00. The molecule has 0 amide bonds. The lowest BCUT2D eigenvalue weighted by Crippen LogP contribution is -2.46. The standard InChI is InChI=1S/C14H26O2Si/c1-7-11-14(5,12-8-2)16-17(6,13-9-3)15-10-4/h7-9H,1-3,10-13H2,4-6H3. The smallest absolute Gasteiger partial charge is 0.339 e. The molecule has 0 aromatic carbocycles. The van der Waals surface area contributed by atoms with Crippen LogP contribution in [0.5, 0.6) is 0 Å². The topological polar surface area (TPSA) is 18.5 Å². The van der Waals surface area contributed by atoms with Gasteiger partial charge in [0.05, 0.1) is 5.60 Å². The SMILES string of the molecule is C=CCC(C)(CC=C)O[Si](C)(CC=C)OCC. The average molecular weight is 254 g/mol. The fraction of sp³-hybridized carbons (Fsp3) is 0.571. The normalized spacial score (nSPS) is 15.0. The van der Waals surface area contributed by atoms with E-state index in [1.165, 1.54) is 0 Å². The van der Waals surface area contributed by atoms with Crippen molar-refractivity contribution in [2.75, 3.05) is 6.61 Å². The molecule has 0 bridgehead atoms. The van der Waals surface area contributed by atoms with Crippen molar-refractivity contribution in [1.82, 2.24) is 0 Å². The third-order valence-corrected chi connectivity index (χ3v) is 5.43. The first-order valence-electron chi connectivity index (χ1n) is 6.12. The Morgan fingerprint density at radius 1 is 1.12 bits per heavy atom. The van der Waals surface area contributed by atoms with Crippen LogP contribution in [0.4, 0.5) is 0 Å². The van der Waals surface area contributed by atoms with E-state index in [2.05, 4.69) is 33.2 Å². The molecule has 1 unspecified atom stereocenters. The van der Waals surface area contributed by atoms with Crippen LogP contribution in [0.3, 0.4) is 0 Å². The lowest BCUT2D eigenvalue weighted by atomic mass is 9.99. The summed E-state index contributed by atoms with van der Waals surface area (Å²) in [5.41, 5.74) is -0.261. The minimum atomic E-state index is -2.17. The average Bonchev–Trinajstić information content (AvgIpc) is 2.17. The minimum Gasteiger partial charge on any atom is -0.394 e. The van der Waals surface area contributed by atoms with Gasteiger partial charge in [-0.15, -0.1) is 19.7 Å². The van der Waals surface area contributed by atoms with Crippen molar-refractivity contribution in [2.24, 2.45) is 0 Å². The van der Waals surface area contributed by atoms with Gasteiger partial charge in [0.25, 0.3) is 0 Å². The third-order valence-electron chi connectivity index (χ3n) is 2.58. The fourth-order valence-corrected chi connectivity index (χ4v) is 4.60. The van der Waals surface area contributed by atoms with Crippen molar-refractivity contribution in [3.63, 3.8) is 0 Å². The second kappa shape index (κ2) is 7.64. The monoisotopic (exact) mass is 254 g/mol. The van der Waals surface area contributed by atoms with E-state index < -0.39 is 8.56 Å².